The van der Waals surface area contributed by atoms with E-state index in [0.717, 1.165) is 19.2 Å². The van der Waals surface area contributed by atoms with Crippen molar-refractivity contribution in [1.29, 1.82) is 0 Å². The van der Waals surface area contributed by atoms with Crippen LogP contribution >= 0.6 is 12.4 Å². The third-order valence-corrected chi connectivity index (χ3v) is 2.89. The summed E-state index contributed by atoms with van der Waals surface area (Å²) in [6, 6.07) is 1.86. The second-order valence-corrected chi connectivity index (χ2v) is 4.08. The highest BCUT2D eigenvalue weighted by Crippen LogP contribution is 2.16. The summed E-state index contributed by atoms with van der Waals surface area (Å²) in [7, 11) is 1.84. The Balaban J connectivity index is 0.00000144. The smallest absolute Gasteiger partial charge is 0.161 e. The molecule has 0 atom stereocenters. The number of halogens is 4. The van der Waals surface area contributed by atoms with Crippen molar-refractivity contribution in [2.75, 3.05) is 20.1 Å². The Bertz CT molecular complexity index is 397. The van der Waals surface area contributed by atoms with E-state index < -0.39 is 17.5 Å². The van der Waals surface area contributed by atoms with Crippen molar-refractivity contribution in [3.63, 3.8) is 0 Å². The van der Waals surface area contributed by atoms with Crippen LogP contribution in [0.5, 0.6) is 0 Å². The second kappa shape index (κ2) is 5.71. The summed E-state index contributed by atoms with van der Waals surface area (Å²) in [5.41, 5.74) is 0.188. The highest BCUT2D eigenvalue weighted by atomic mass is 35.5. The lowest BCUT2D eigenvalue weighted by Gasteiger charge is -2.35. The summed E-state index contributed by atoms with van der Waals surface area (Å²) >= 11 is 0. The summed E-state index contributed by atoms with van der Waals surface area (Å²) in [6.45, 7) is 1.99. The minimum atomic E-state index is -1.14. The zero-order valence-corrected chi connectivity index (χ0v) is 10.2. The van der Waals surface area contributed by atoms with E-state index in [1.165, 1.54) is 0 Å². The second-order valence-electron chi connectivity index (χ2n) is 4.08. The fourth-order valence-corrected chi connectivity index (χ4v) is 1.67. The normalized spacial score (nSPS) is 15.6. The third kappa shape index (κ3) is 3.12. The molecule has 0 radical (unpaired) electrons. The van der Waals surface area contributed by atoms with Gasteiger partial charge in [0.05, 0.1) is 0 Å². The van der Waals surface area contributed by atoms with E-state index in [-0.39, 0.29) is 24.5 Å². The van der Waals surface area contributed by atoms with E-state index >= 15 is 0 Å². The van der Waals surface area contributed by atoms with Crippen molar-refractivity contribution in [2.24, 2.45) is 0 Å². The van der Waals surface area contributed by atoms with Crippen molar-refractivity contribution >= 4 is 12.4 Å². The molecule has 0 spiro atoms. The minimum Gasteiger partial charge on any atom is -0.314 e. The van der Waals surface area contributed by atoms with E-state index in [0.29, 0.717) is 12.1 Å². The first-order valence-corrected chi connectivity index (χ1v) is 5.12. The van der Waals surface area contributed by atoms with E-state index in [2.05, 4.69) is 5.32 Å². The average Bonchev–Trinajstić information content (AvgIpc) is 2.11. The lowest BCUT2D eigenvalue weighted by Crippen LogP contribution is -2.55. The van der Waals surface area contributed by atoms with Gasteiger partial charge in [-0.25, -0.2) is 13.2 Å². The Labute approximate surface area is 104 Å². The number of nitrogens with zero attached hydrogens (tertiary/aromatic N) is 1. The van der Waals surface area contributed by atoms with Crippen LogP contribution in [0.15, 0.2) is 12.1 Å². The summed E-state index contributed by atoms with van der Waals surface area (Å²) in [5, 5.41) is 3.09. The topological polar surface area (TPSA) is 15.3 Å². The Kier molecular flexibility index (Phi) is 4.80. The van der Waals surface area contributed by atoms with E-state index in [1.54, 1.807) is 0 Å². The first-order chi connectivity index (χ1) is 7.58. The number of benzene rings is 1. The van der Waals surface area contributed by atoms with Crippen LogP contribution in [0.3, 0.4) is 0 Å². The van der Waals surface area contributed by atoms with Crippen molar-refractivity contribution in [3.8, 4) is 0 Å². The molecule has 1 aromatic carbocycles. The van der Waals surface area contributed by atoms with Crippen molar-refractivity contribution in [1.82, 2.24) is 10.2 Å². The van der Waals surface area contributed by atoms with Gasteiger partial charge in [-0.1, -0.05) is 0 Å². The summed E-state index contributed by atoms with van der Waals surface area (Å²) in [4.78, 5) is 1.92. The van der Waals surface area contributed by atoms with Gasteiger partial charge in [-0.15, -0.1) is 12.4 Å². The molecule has 1 saturated heterocycles. The number of nitrogens with one attached hydrogen (secondary N) is 1. The lowest BCUT2D eigenvalue weighted by atomic mass is 10.1. The van der Waals surface area contributed by atoms with Crippen LogP contribution in [-0.2, 0) is 6.54 Å². The highest BCUT2D eigenvalue weighted by Gasteiger charge is 2.22. The molecule has 1 aliphatic rings. The van der Waals surface area contributed by atoms with Crippen LogP contribution in [0.4, 0.5) is 13.2 Å². The van der Waals surface area contributed by atoms with Gasteiger partial charge in [0.1, 0.15) is 5.82 Å². The Morgan fingerprint density at radius 3 is 2.29 bits per heavy atom. The maximum absolute atomic E-state index is 13.3. The van der Waals surface area contributed by atoms with Gasteiger partial charge in [-0.2, -0.15) is 0 Å². The number of hydrogen-bond acceptors (Lipinski definition) is 2. The van der Waals surface area contributed by atoms with Gasteiger partial charge >= 0.3 is 0 Å². The molecule has 2 nitrogen and oxygen atoms in total. The monoisotopic (exact) mass is 266 g/mol. The zero-order valence-electron chi connectivity index (χ0n) is 9.34. The van der Waals surface area contributed by atoms with Crippen molar-refractivity contribution < 1.29 is 13.2 Å². The van der Waals surface area contributed by atoms with Gasteiger partial charge in [-0.3, -0.25) is 4.90 Å². The molecule has 6 heteroatoms. The number of hydrogen-bond donors (Lipinski definition) is 1. The van der Waals surface area contributed by atoms with Gasteiger partial charge in [-0.05, 0) is 13.1 Å². The molecule has 1 aromatic rings. The molecule has 0 bridgehead atoms. The molecular weight excluding hydrogens is 253 g/mol. The van der Waals surface area contributed by atoms with Crippen LogP contribution in [-0.4, -0.2) is 31.1 Å². The first-order valence-electron chi connectivity index (χ1n) is 5.12. The molecule has 17 heavy (non-hydrogen) atoms. The van der Waals surface area contributed by atoms with Crippen LogP contribution in [0.25, 0.3) is 0 Å². The molecular formula is C11H14ClF3N2. The first kappa shape index (κ1) is 14.3. The van der Waals surface area contributed by atoms with Gasteiger partial charge in [0, 0.05) is 37.3 Å². The van der Waals surface area contributed by atoms with E-state index in [9.17, 15) is 13.2 Å². The summed E-state index contributed by atoms with van der Waals surface area (Å²) in [6.07, 6.45) is 0. The van der Waals surface area contributed by atoms with Crippen LogP contribution in [0.1, 0.15) is 5.56 Å². The van der Waals surface area contributed by atoms with Crippen LogP contribution in [0.2, 0.25) is 0 Å². The number of rotatable bonds is 3. The molecule has 0 aromatic heterocycles. The Morgan fingerprint density at radius 2 is 1.76 bits per heavy atom. The van der Waals surface area contributed by atoms with Gasteiger partial charge < -0.3 is 5.32 Å². The molecule has 0 amide bonds. The molecule has 0 unspecified atom stereocenters. The van der Waals surface area contributed by atoms with Crippen LogP contribution < -0.4 is 5.32 Å². The predicted octanol–water partition coefficient (Wildman–Crippen LogP) is 1.93. The van der Waals surface area contributed by atoms with E-state index in [4.69, 9.17) is 0 Å². The Hall–Kier alpha value is -0.780. The molecule has 0 saturated carbocycles. The molecule has 1 N–H and O–H groups in total. The fraction of sp³-hybridized carbons (Fsp3) is 0.455. The highest BCUT2D eigenvalue weighted by molar-refractivity contribution is 5.85. The summed E-state index contributed by atoms with van der Waals surface area (Å²) < 4.78 is 39.0. The zero-order chi connectivity index (χ0) is 11.7. The van der Waals surface area contributed by atoms with Gasteiger partial charge in [0.15, 0.2) is 11.6 Å². The Morgan fingerprint density at radius 1 is 1.18 bits per heavy atom. The van der Waals surface area contributed by atoms with Crippen molar-refractivity contribution in [3.05, 3.63) is 35.1 Å². The average molecular weight is 267 g/mol. The largest absolute Gasteiger partial charge is 0.314 e. The predicted molar refractivity (Wildman–Crippen MR) is 61.7 cm³/mol. The molecule has 0 aliphatic carbocycles. The van der Waals surface area contributed by atoms with Gasteiger partial charge in [0.25, 0.3) is 0 Å². The quantitative estimate of drug-likeness (QED) is 0.841. The number of likely N-dealkylation sites (N-methyl/N-ethyl adjacent to an activating group) is 1. The molecule has 2 rings (SSSR count). The SMILES string of the molecule is CN(Cc1cc(F)c(F)cc1F)C1CNC1.Cl. The molecule has 96 valence electrons. The van der Waals surface area contributed by atoms with Gasteiger partial charge in [0.2, 0.25) is 0 Å². The lowest BCUT2D eigenvalue weighted by molar-refractivity contribution is 0.171. The van der Waals surface area contributed by atoms with E-state index in [1.807, 2.05) is 11.9 Å². The standard InChI is InChI=1S/C11H13F3N2.ClH/c1-16(8-4-15-5-8)6-7-2-10(13)11(14)3-9(7)12;/h2-3,8,15H,4-6H2,1H3;1H. The summed E-state index contributed by atoms with van der Waals surface area (Å²) in [5.74, 6) is -2.84. The molecule has 1 fully saturated rings. The maximum Gasteiger partial charge on any atom is 0.161 e. The molecule has 1 aliphatic heterocycles. The van der Waals surface area contributed by atoms with Crippen LogP contribution in [0, 0.1) is 17.5 Å². The maximum atomic E-state index is 13.3. The molecule has 1 heterocycles. The van der Waals surface area contributed by atoms with Crippen molar-refractivity contribution in [2.45, 2.75) is 12.6 Å². The minimum absolute atomic E-state index is 0. The third-order valence-electron chi connectivity index (χ3n) is 2.89. The fourth-order valence-electron chi connectivity index (χ4n) is 1.67.